The smallest absolute Gasteiger partial charge is 0.243 e. The van der Waals surface area contributed by atoms with Gasteiger partial charge in [0.05, 0.1) is 12.5 Å². The average Bonchev–Trinajstić information content (AvgIpc) is 3.03. The predicted octanol–water partition coefficient (Wildman–Crippen LogP) is 2.04. The summed E-state index contributed by atoms with van der Waals surface area (Å²) in [5.41, 5.74) is 0.936. The summed E-state index contributed by atoms with van der Waals surface area (Å²) >= 11 is 0. The Bertz CT molecular complexity index is 518. The van der Waals surface area contributed by atoms with Gasteiger partial charge in [-0.3, -0.25) is 14.6 Å². The van der Waals surface area contributed by atoms with Crippen molar-refractivity contribution >= 4 is 5.91 Å². The van der Waals surface area contributed by atoms with Gasteiger partial charge < -0.3 is 9.32 Å². The van der Waals surface area contributed by atoms with Gasteiger partial charge in [-0.2, -0.15) is 0 Å². The number of furan rings is 1. The molecule has 5 heteroatoms. The van der Waals surface area contributed by atoms with Crippen LogP contribution in [0.1, 0.15) is 32.3 Å². The highest BCUT2D eigenvalue weighted by Crippen LogP contribution is 2.33. The number of rotatable bonds is 4. The van der Waals surface area contributed by atoms with E-state index in [2.05, 4.69) is 35.6 Å². The Morgan fingerprint density at radius 2 is 1.96 bits per heavy atom. The largest absolute Gasteiger partial charge is 0.472 e. The molecule has 0 atom stereocenters. The number of hydrogen-bond acceptors (Lipinski definition) is 4. The monoisotopic (exact) mass is 319 g/mol. The second kappa shape index (κ2) is 6.65. The maximum atomic E-state index is 13.1. The van der Waals surface area contributed by atoms with Crippen LogP contribution in [0.15, 0.2) is 23.0 Å². The second-order valence-electron chi connectivity index (χ2n) is 7.51. The van der Waals surface area contributed by atoms with E-state index in [0.717, 1.165) is 52.1 Å². The summed E-state index contributed by atoms with van der Waals surface area (Å²) < 4.78 is 5.16. The molecule has 0 unspecified atom stereocenters. The summed E-state index contributed by atoms with van der Waals surface area (Å²) in [5, 5.41) is 0. The summed E-state index contributed by atoms with van der Waals surface area (Å²) in [6, 6.07) is 2.02. The first kappa shape index (κ1) is 16.5. The number of carbonyl (C=O) groups excluding carboxylic acids is 1. The van der Waals surface area contributed by atoms with Gasteiger partial charge in [-0.15, -0.1) is 0 Å². The standard InChI is InChI=1S/C18H29N3O2/c1-15(2)12-21-10-9-19(3)18(17(21)22)5-7-20(8-6-18)13-16-4-11-23-14-16/h4,11,14-15H,5-10,12-13H2,1-3H3. The minimum atomic E-state index is -0.278. The molecule has 2 saturated heterocycles. The van der Waals surface area contributed by atoms with Crippen molar-refractivity contribution < 1.29 is 9.21 Å². The van der Waals surface area contributed by atoms with E-state index in [1.54, 1.807) is 6.26 Å². The fourth-order valence-electron chi connectivity index (χ4n) is 3.98. The molecule has 1 aromatic rings. The molecule has 0 radical (unpaired) electrons. The van der Waals surface area contributed by atoms with Crippen molar-refractivity contribution in [3.05, 3.63) is 24.2 Å². The lowest BCUT2D eigenvalue weighted by Crippen LogP contribution is -2.67. The van der Waals surface area contributed by atoms with Crippen LogP contribution in [0.4, 0.5) is 0 Å². The molecular weight excluding hydrogens is 290 g/mol. The van der Waals surface area contributed by atoms with Crippen molar-refractivity contribution in [3.8, 4) is 0 Å². The number of likely N-dealkylation sites (tertiary alicyclic amines) is 1. The Hall–Kier alpha value is -1.33. The fourth-order valence-corrected chi connectivity index (χ4v) is 3.98. The molecule has 3 heterocycles. The highest BCUT2D eigenvalue weighted by Gasteiger charge is 2.49. The first-order valence-corrected chi connectivity index (χ1v) is 8.75. The third-order valence-corrected chi connectivity index (χ3v) is 5.38. The quantitative estimate of drug-likeness (QED) is 0.851. The van der Waals surface area contributed by atoms with Crippen LogP contribution < -0.4 is 0 Å². The molecule has 0 bridgehead atoms. The molecule has 2 aliphatic heterocycles. The van der Waals surface area contributed by atoms with Crippen LogP contribution in [0.2, 0.25) is 0 Å². The molecule has 1 spiro atoms. The summed E-state index contributed by atoms with van der Waals surface area (Å²) in [4.78, 5) is 20.0. The average molecular weight is 319 g/mol. The van der Waals surface area contributed by atoms with E-state index >= 15 is 0 Å². The van der Waals surface area contributed by atoms with Gasteiger partial charge in [0.2, 0.25) is 5.91 Å². The van der Waals surface area contributed by atoms with Crippen LogP contribution >= 0.6 is 0 Å². The lowest BCUT2D eigenvalue weighted by atomic mass is 9.82. The SMILES string of the molecule is CC(C)CN1CCN(C)C2(CCN(Cc3ccoc3)CC2)C1=O. The Balaban J connectivity index is 1.65. The number of nitrogens with zero attached hydrogens (tertiary/aromatic N) is 3. The highest BCUT2D eigenvalue weighted by molar-refractivity contribution is 5.87. The molecule has 0 saturated carbocycles. The molecule has 23 heavy (non-hydrogen) atoms. The number of hydrogen-bond donors (Lipinski definition) is 0. The number of carbonyl (C=O) groups is 1. The van der Waals surface area contributed by atoms with Crippen molar-refractivity contribution in [2.45, 2.75) is 38.8 Å². The Labute approximate surface area is 139 Å². The van der Waals surface area contributed by atoms with Crippen LogP contribution in [-0.4, -0.2) is 65.9 Å². The van der Waals surface area contributed by atoms with Gasteiger partial charge in [-0.05, 0) is 31.9 Å². The third-order valence-electron chi connectivity index (χ3n) is 5.38. The summed E-state index contributed by atoms with van der Waals surface area (Å²) in [5.74, 6) is 0.878. The van der Waals surface area contributed by atoms with Crippen LogP contribution in [0.5, 0.6) is 0 Å². The Morgan fingerprint density at radius 3 is 2.57 bits per heavy atom. The van der Waals surface area contributed by atoms with Crippen molar-refractivity contribution in [1.29, 1.82) is 0 Å². The Morgan fingerprint density at radius 1 is 1.22 bits per heavy atom. The van der Waals surface area contributed by atoms with Crippen molar-refractivity contribution in [2.24, 2.45) is 5.92 Å². The van der Waals surface area contributed by atoms with E-state index in [1.165, 1.54) is 5.56 Å². The van der Waals surface area contributed by atoms with Crippen molar-refractivity contribution in [3.63, 3.8) is 0 Å². The summed E-state index contributed by atoms with van der Waals surface area (Å²) in [6.45, 7) is 9.96. The van der Waals surface area contributed by atoms with Gasteiger partial charge in [0.1, 0.15) is 5.54 Å². The van der Waals surface area contributed by atoms with Crippen LogP contribution in [-0.2, 0) is 11.3 Å². The van der Waals surface area contributed by atoms with E-state index < -0.39 is 0 Å². The van der Waals surface area contributed by atoms with Crippen LogP contribution in [0.3, 0.4) is 0 Å². The van der Waals surface area contributed by atoms with Gasteiger partial charge in [0.15, 0.2) is 0 Å². The number of likely N-dealkylation sites (N-methyl/N-ethyl adjacent to an activating group) is 1. The van der Waals surface area contributed by atoms with Gasteiger partial charge >= 0.3 is 0 Å². The highest BCUT2D eigenvalue weighted by atomic mass is 16.3. The molecule has 0 aromatic carbocycles. The molecular formula is C18H29N3O2. The third kappa shape index (κ3) is 3.31. The van der Waals surface area contributed by atoms with E-state index in [-0.39, 0.29) is 5.54 Å². The number of amides is 1. The van der Waals surface area contributed by atoms with E-state index in [1.807, 2.05) is 12.3 Å². The summed E-state index contributed by atoms with van der Waals surface area (Å²) in [6.07, 6.45) is 5.39. The molecule has 3 rings (SSSR count). The second-order valence-corrected chi connectivity index (χ2v) is 7.51. The minimum Gasteiger partial charge on any atom is -0.472 e. The van der Waals surface area contributed by atoms with Crippen LogP contribution in [0, 0.1) is 5.92 Å². The lowest BCUT2D eigenvalue weighted by molar-refractivity contribution is -0.155. The molecule has 2 aliphatic rings. The predicted molar refractivity (Wildman–Crippen MR) is 90.0 cm³/mol. The molecule has 2 fully saturated rings. The maximum Gasteiger partial charge on any atom is 0.243 e. The molecule has 5 nitrogen and oxygen atoms in total. The zero-order valence-corrected chi connectivity index (χ0v) is 14.6. The van der Waals surface area contributed by atoms with E-state index in [0.29, 0.717) is 11.8 Å². The Kier molecular flexibility index (Phi) is 4.78. The van der Waals surface area contributed by atoms with Gasteiger partial charge in [0.25, 0.3) is 0 Å². The van der Waals surface area contributed by atoms with Crippen molar-refractivity contribution in [2.75, 3.05) is 39.8 Å². The van der Waals surface area contributed by atoms with E-state index in [4.69, 9.17) is 4.42 Å². The topological polar surface area (TPSA) is 39.9 Å². The summed E-state index contributed by atoms with van der Waals surface area (Å²) in [7, 11) is 2.12. The molecule has 0 N–H and O–H groups in total. The molecule has 0 aliphatic carbocycles. The first-order valence-electron chi connectivity index (χ1n) is 8.75. The molecule has 1 amide bonds. The van der Waals surface area contributed by atoms with E-state index in [9.17, 15) is 4.79 Å². The molecule has 128 valence electrons. The van der Waals surface area contributed by atoms with Crippen molar-refractivity contribution in [1.82, 2.24) is 14.7 Å². The fraction of sp³-hybridized carbons (Fsp3) is 0.722. The maximum absolute atomic E-state index is 13.1. The zero-order chi connectivity index (χ0) is 16.4. The van der Waals surface area contributed by atoms with Gasteiger partial charge in [0, 0.05) is 44.8 Å². The zero-order valence-electron chi connectivity index (χ0n) is 14.6. The normalized spacial score (nSPS) is 23.1. The minimum absolute atomic E-state index is 0.278. The first-order chi connectivity index (χ1) is 11.0. The van der Waals surface area contributed by atoms with Gasteiger partial charge in [-0.1, -0.05) is 13.8 Å². The lowest BCUT2D eigenvalue weighted by Gasteiger charge is -2.52. The van der Waals surface area contributed by atoms with Gasteiger partial charge in [-0.25, -0.2) is 0 Å². The van der Waals surface area contributed by atoms with Crippen LogP contribution in [0.25, 0.3) is 0 Å². The number of piperazine rings is 1. The molecule has 1 aromatic heterocycles. The number of piperidine rings is 1.